The first-order valence-electron chi connectivity index (χ1n) is 10.5. The van der Waals surface area contributed by atoms with Gasteiger partial charge in [0.05, 0.1) is 10.8 Å². The Hall–Kier alpha value is -2.70. The summed E-state index contributed by atoms with van der Waals surface area (Å²) < 4.78 is 6.09. The van der Waals surface area contributed by atoms with Crippen molar-refractivity contribution >= 4 is 10.8 Å². The van der Waals surface area contributed by atoms with Gasteiger partial charge in [0.1, 0.15) is 17.2 Å². The van der Waals surface area contributed by atoms with Crippen LogP contribution in [0.5, 0.6) is 11.5 Å². The zero-order valence-electron chi connectivity index (χ0n) is 16.8. The fraction of sp³-hybridized carbons (Fsp3) is 0.391. The van der Waals surface area contributed by atoms with E-state index in [1.165, 1.54) is 24.9 Å². The molecule has 2 aromatic carbocycles. The SMILES string of the molecule is CCCCN1CCN(Cc2ccc3c(c2)-c2n[nH]c(=O)c4cccc(c24)O3)CC1. The summed E-state index contributed by atoms with van der Waals surface area (Å²) in [5, 5.41) is 8.42. The molecule has 3 aromatic rings. The molecular weight excluding hydrogens is 364 g/mol. The number of aromatic amines is 1. The summed E-state index contributed by atoms with van der Waals surface area (Å²) in [5.41, 5.74) is 2.80. The van der Waals surface area contributed by atoms with Crippen molar-refractivity contribution < 1.29 is 4.74 Å². The van der Waals surface area contributed by atoms with Crippen LogP contribution in [0, 0.1) is 0 Å². The summed E-state index contributed by atoms with van der Waals surface area (Å²) in [4.78, 5) is 17.3. The highest BCUT2D eigenvalue weighted by Crippen LogP contribution is 2.44. The van der Waals surface area contributed by atoms with Crippen LogP contribution in [-0.2, 0) is 6.54 Å². The van der Waals surface area contributed by atoms with Gasteiger partial charge in [0.2, 0.25) is 0 Å². The van der Waals surface area contributed by atoms with Crippen LogP contribution in [0.15, 0.2) is 41.2 Å². The van der Waals surface area contributed by atoms with Gasteiger partial charge in [-0.3, -0.25) is 9.69 Å². The third-order valence-corrected chi connectivity index (χ3v) is 5.99. The number of piperazine rings is 1. The van der Waals surface area contributed by atoms with E-state index in [9.17, 15) is 4.79 Å². The summed E-state index contributed by atoms with van der Waals surface area (Å²) in [7, 11) is 0. The van der Waals surface area contributed by atoms with Crippen molar-refractivity contribution in [1.82, 2.24) is 20.0 Å². The normalized spacial score (nSPS) is 16.6. The molecule has 0 atom stereocenters. The number of benzene rings is 2. The third-order valence-electron chi connectivity index (χ3n) is 5.99. The Bertz CT molecular complexity index is 1100. The lowest BCUT2D eigenvalue weighted by atomic mass is 9.99. The molecule has 0 spiro atoms. The van der Waals surface area contributed by atoms with Crippen LogP contribution in [0.25, 0.3) is 22.0 Å². The van der Waals surface area contributed by atoms with Crippen LogP contribution in [0.1, 0.15) is 25.3 Å². The first-order chi connectivity index (χ1) is 14.2. The van der Waals surface area contributed by atoms with Crippen LogP contribution in [0.2, 0.25) is 0 Å². The Kier molecular flexibility index (Phi) is 4.81. The van der Waals surface area contributed by atoms with Gasteiger partial charge in [-0.05, 0) is 42.8 Å². The predicted octanol–water partition coefficient (Wildman–Crippen LogP) is 3.61. The van der Waals surface area contributed by atoms with Gasteiger partial charge < -0.3 is 9.64 Å². The molecule has 150 valence electrons. The quantitative estimate of drug-likeness (QED) is 0.564. The van der Waals surface area contributed by atoms with E-state index in [0.717, 1.165) is 55.1 Å². The maximum absolute atomic E-state index is 12.2. The number of ether oxygens (including phenoxy) is 1. The van der Waals surface area contributed by atoms with Gasteiger partial charge in [0, 0.05) is 38.3 Å². The number of hydrogen-bond acceptors (Lipinski definition) is 5. The van der Waals surface area contributed by atoms with Crippen LogP contribution in [0.4, 0.5) is 0 Å². The van der Waals surface area contributed by atoms with Crippen molar-refractivity contribution in [2.45, 2.75) is 26.3 Å². The van der Waals surface area contributed by atoms with Crippen molar-refractivity contribution in [3.63, 3.8) is 0 Å². The molecule has 0 radical (unpaired) electrons. The van der Waals surface area contributed by atoms with E-state index in [-0.39, 0.29) is 5.56 Å². The lowest BCUT2D eigenvalue weighted by molar-refractivity contribution is 0.126. The minimum absolute atomic E-state index is 0.185. The summed E-state index contributed by atoms with van der Waals surface area (Å²) >= 11 is 0. The van der Waals surface area contributed by atoms with Crippen molar-refractivity contribution in [3.05, 3.63) is 52.3 Å². The number of unbranched alkanes of at least 4 members (excludes halogenated alkanes) is 1. The average Bonchev–Trinajstić information content (AvgIpc) is 2.75. The topological polar surface area (TPSA) is 61.5 Å². The molecule has 29 heavy (non-hydrogen) atoms. The van der Waals surface area contributed by atoms with E-state index < -0.39 is 0 Å². The fourth-order valence-corrected chi connectivity index (χ4v) is 4.35. The first kappa shape index (κ1) is 18.3. The second kappa shape index (κ2) is 7.61. The molecule has 1 N–H and O–H groups in total. The zero-order chi connectivity index (χ0) is 19.8. The summed E-state index contributed by atoms with van der Waals surface area (Å²) in [6, 6.07) is 11.9. The Morgan fingerprint density at radius 3 is 2.72 bits per heavy atom. The lowest BCUT2D eigenvalue weighted by Crippen LogP contribution is -2.46. The van der Waals surface area contributed by atoms with Gasteiger partial charge in [-0.1, -0.05) is 25.5 Å². The second-order valence-electron chi connectivity index (χ2n) is 7.98. The van der Waals surface area contributed by atoms with E-state index in [4.69, 9.17) is 4.74 Å². The molecule has 2 aliphatic rings. The number of nitrogens with zero attached hydrogens (tertiary/aromatic N) is 3. The minimum Gasteiger partial charge on any atom is -0.456 e. The van der Waals surface area contributed by atoms with E-state index in [1.807, 2.05) is 24.3 Å². The summed E-state index contributed by atoms with van der Waals surface area (Å²) in [6.07, 6.45) is 2.54. The number of hydrogen-bond donors (Lipinski definition) is 1. The number of fused-ring (bicyclic) bond motifs is 2. The second-order valence-corrected chi connectivity index (χ2v) is 7.98. The minimum atomic E-state index is -0.185. The number of rotatable bonds is 5. The molecule has 0 amide bonds. The van der Waals surface area contributed by atoms with E-state index in [1.54, 1.807) is 0 Å². The van der Waals surface area contributed by atoms with Crippen molar-refractivity contribution in [3.8, 4) is 22.8 Å². The maximum Gasteiger partial charge on any atom is 0.272 e. The fourth-order valence-electron chi connectivity index (χ4n) is 4.35. The van der Waals surface area contributed by atoms with Crippen molar-refractivity contribution in [2.75, 3.05) is 32.7 Å². The molecular formula is C23H26N4O2. The van der Waals surface area contributed by atoms with E-state index in [0.29, 0.717) is 11.1 Å². The van der Waals surface area contributed by atoms with Gasteiger partial charge in [0.25, 0.3) is 5.56 Å². The standard InChI is InChI=1S/C23H26N4O2/c1-2-3-9-26-10-12-27(13-11-26)15-16-7-8-19-18(14-16)22-21-17(23(28)25-24-22)5-4-6-20(21)29-19/h4-8,14H,2-3,9-13,15H2,1H3,(H,25,28). The Morgan fingerprint density at radius 2 is 1.90 bits per heavy atom. The van der Waals surface area contributed by atoms with Crippen LogP contribution in [-0.4, -0.2) is 52.7 Å². The lowest BCUT2D eigenvalue weighted by Gasteiger charge is -2.34. The Morgan fingerprint density at radius 1 is 1.07 bits per heavy atom. The average molecular weight is 390 g/mol. The van der Waals surface area contributed by atoms with E-state index >= 15 is 0 Å². The smallest absolute Gasteiger partial charge is 0.272 e. The molecule has 0 aliphatic carbocycles. The van der Waals surface area contributed by atoms with Crippen LogP contribution >= 0.6 is 0 Å². The van der Waals surface area contributed by atoms with Gasteiger partial charge >= 0.3 is 0 Å². The molecule has 1 saturated heterocycles. The van der Waals surface area contributed by atoms with E-state index in [2.05, 4.69) is 39.1 Å². The van der Waals surface area contributed by atoms with Gasteiger partial charge in [0.15, 0.2) is 0 Å². The third kappa shape index (κ3) is 3.43. The Balaban J connectivity index is 1.40. The number of H-pyrrole nitrogens is 1. The molecule has 1 fully saturated rings. The molecule has 3 heterocycles. The van der Waals surface area contributed by atoms with Crippen LogP contribution in [0.3, 0.4) is 0 Å². The van der Waals surface area contributed by atoms with Crippen LogP contribution < -0.4 is 10.3 Å². The Labute approximate surface area is 170 Å². The van der Waals surface area contributed by atoms with Crippen molar-refractivity contribution in [2.24, 2.45) is 0 Å². The highest BCUT2D eigenvalue weighted by Gasteiger charge is 2.23. The molecule has 0 saturated carbocycles. The number of nitrogens with one attached hydrogen (secondary N) is 1. The van der Waals surface area contributed by atoms with Crippen molar-refractivity contribution in [1.29, 1.82) is 0 Å². The molecule has 0 unspecified atom stereocenters. The monoisotopic (exact) mass is 390 g/mol. The van der Waals surface area contributed by atoms with Gasteiger partial charge in [-0.2, -0.15) is 5.10 Å². The summed E-state index contributed by atoms with van der Waals surface area (Å²) in [6.45, 7) is 8.87. The molecule has 0 bridgehead atoms. The summed E-state index contributed by atoms with van der Waals surface area (Å²) in [5.74, 6) is 1.48. The molecule has 2 aliphatic heterocycles. The van der Waals surface area contributed by atoms with Gasteiger partial charge in [-0.15, -0.1) is 0 Å². The molecule has 6 heteroatoms. The largest absolute Gasteiger partial charge is 0.456 e. The predicted molar refractivity (Wildman–Crippen MR) is 114 cm³/mol. The zero-order valence-corrected chi connectivity index (χ0v) is 16.8. The molecule has 1 aromatic heterocycles. The first-order valence-corrected chi connectivity index (χ1v) is 10.5. The highest BCUT2D eigenvalue weighted by atomic mass is 16.5. The molecule has 5 rings (SSSR count). The number of aromatic nitrogens is 2. The van der Waals surface area contributed by atoms with Gasteiger partial charge in [-0.25, -0.2) is 5.10 Å². The highest BCUT2D eigenvalue weighted by molar-refractivity contribution is 6.01. The molecule has 6 nitrogen and oxygen atoms in total. The maximum atomic E-state index is 12.2.